The van der Waals surface area contributed by atoms with Crippen LogP contribution in [0.2, 0.25) is 0 Å². The molecule has 0 spiro atoms. The molecular formula is C20H19N3O. The first kappa shape index (κ1) is 14.8. The van der Waals surface area contributed by atoms with E-state index in [9.17, 15) is 0 Å². The van der Waals surface area contributed by atoms with Crippen molar-refractivity contribution in [3.63, 3.8) is 0 Å². The van der Waals surface area contributed by atoms with E-state index in [-0.39, 0.29) is 5.54 Å². The molecule has 0 radical (unpaired) electrons. The number of nitrogens with zero attached hydrogens (tertiary/aromatic N) is 3. The molecule has 0 aliphatic carbocycles. The lowest BCUT2D eigenvalue weighted by molar-refractivity contribution is 0.400. The van der Waals surface area contributed by atoms with Crippen LogP contribution >= 0.6 is 0 Å². The number of aliphatic imine (C=N–C) groups is 1. The Hall–Kier alpha value is -2.75. The summed E-state index contributed by atoms with van der Waals surface area (Å²) in [4.78, 5) is 4.96. The zero-order valence-electron chi connectivity index (χ0n) is 13.6. The molecule has 0 saturated carbocycles. The average Bonchev–Trinajstić information content (AvgIpc) is 3.24. The Bertz CT molecular complexity index is 855. The Balaban J connectivity index is 1.53. The number of rotatable bonds is 4. The van der Waals surface area contributed by atoms with Gasteiger partial charge in [0, 0.05) is 11.3 Å². The highest BCUT2D eigenvalue weighted by atomic mass is 16.4. The lowest BCUT2D eigenvalue weighted by Gasteiger charge is -2.17. The normalized spacial score (nSPS) is 20.1. The fourth-order valence-electron chi connectivity index (χ4n) is 3.14. The highest BCUT2D eigenvalue weighted by Crippen LogP contribution is 2.31. The maximum atomic E-state index is 5.85. The first-order valence-electron chi connectivity index (χ1n) is 8.24. The van der Waals surface area contributed by atoms with Gasteiger partial charge in [-0.1, -0.05) is 48.5 Å². The van der Waals surface area contributed by atoms with Crippen molar-refractivity contribution in [1.82, 2.24) is 10.2 Å². The third-order valence-corrected chi connectivity index (χ3v) is 4.43. The van der Waals surface area contributed by atoms with Crippen molar-refractivity contribution in [2.75, 3.05) is 0 Å². The summed E-state index contributed by atoms with van der Waals surface area (Å²) in [6.07, 6.45) is 2.66. The van der Waals surface area contributed by atoms with E-state index >= 15 is 0 Å². The summed E-state index contributed by atoms with van der Waals surface area (Å²) >= 11 is 0. The summed E-state index contributed by atoms with van der Waals surface area (Å²) in [7, 11) is 0. The second-order valence-electron chi connectivity index (χ2n) is 6.47. The van der Waals surface area contributed by atoms with Gasteiger partial charge < -0.3 is 4.42 Å². The summed E-state index contributed by atoms with van der Waals surface area (Å²) in [6, 6.07) is 20.2. The zero-order valence-corrected chi connectivity index (χ0v) is 13.6. The van der Waals surface area contributed by atoms with Crippen LogP contribution < -0.4 is 0 Å². The van der Waals surface area contributed by atoms with Crippen molar-refractivity contribution in [3.05, 3.63) is 72.1 Å². The van der Waals surface area contributed by atoms with E-state index in [1.807, 2.05) is 36.4 Å². The Morgan fingerprint density at radius 1 is 0.917 bits per heavy atom. The fourth-order valence-corrected chi connectivity index (χ4v) is 3.14. The van der Waals surface area contributed by atoms with Crippen LogP contribution in [0.25, 0.3) is 11.5 Å². The monoisotopic (exact) mass is 317 g/mol. The number of aromatic nitrogens is 2. The highest BCUT2D eigenvalue weighted by molar-refractivity contribution is 6.02. The van der Waals surface area contributed by atoms with Gasteiger partial charge in [-0.2, -0.15) is 0 Å². The lowest BCUT2D eigenvalue weighted by Crippen LogP contribution is -2.21. The van der Waals surface area contributed by atoms with Crippen molar-refractivity contribution < 1.29 is 4.42 Å². The summed E-state index contributed by atoms with van der Waals surface area (Å²) in [5.74, 6) is 1.22. The standard InChI is InChI=1S/C20H19N3O/c1-20(13-12-17(21-20)15-8-4-2-5-9-15)14-18-22-23-19(24-18)16-10-6-3-7-11-16/h2-11H,12-14H2,1H3/t20-/m0/s1. The molecule has 1 aliphatic rings. The van der Waals surface area contributed by atoms with Gasteiger partial charge >= 0.3 is 0 Å². The molecule has 2 heterocycles. The molecule has 0 fully saturated rings. The van der Waals surface area contributed by atoms with Gasteiger partial charge in [-0.3, -0.25) is 4.99 Å². The van der Waals surface area contributed by atoms with Crippen LogP contribution in [0, 0.1) is 0 Å². The van der Waals surface area contributed by atoms with E-state index in [0.29, 0.717) is 18.2 Å². The molecule has 0 bridgehead atoms. The van der Waals surface area contributed by atoms with Crippen LogP contribution in [0.3, 0.4) is 0 Å². The molecule has 1 aliphatic heterocycles. The predicted molar refractivity (Wildman–Crippen MR) is 94.1 cm³/mol. The van der Waals surface area contributed by atoms with Crippen LogP contribution in [0.4, 0.5) is 0 Å². The van der Waals surface area contributed by atoms with E-state index < -0.39 is 0 Å². The molecule has 0 saturated heterocycles. The second-order valence-corrected chi connectivity index (χ2v) is 6.47. The molecular weight excluding hydrogens is 298 g/mol. The van der Waals surface area contributed by atoms with Gasteiger partial charge in [0.15, 0.2) is 0 Å². The smallest absolute Gasteiger partial charge is 0.247 e. The van der Waals surface area contributed by atoms with Crippen molar-refractivity contribution in [2.45, 2.75) is 31.7 Å². The summed E-state index contributed by atoms with van der Waals surface area (Å²) in [5.41, 5.74) is 3.14. The van der Waals surface area contributed by atoms with Gasteiger partial charge in [-0.05, 0) is 37.5 Å². The van der Waals surface area contributed by atoms with Crippen LogP contribution in [-0.2, 0) is 6.42 Å². The Labute approximate surface area is 141 Å². The average molecular weight is 317 g/mol. The third-order valence-electron chi connectivity index (χ3n) is 4.43. The quantitative estimate of drug-likeness (QED) is 0.720. The molecule has 3 aromatic rings. The zero-order chi connectivity index (χ0) is 16.4. The van der Waals surface area contributed by atoms with Gasteiger partial charge in [-0.15, -0.1) is 10.2 Å². The van der Waals surface area contributed by atoms with Crippen molar-refractivity contribution >= 4 is 5.71 Å². The minimum Gasteiger partial charge on any atom is -0.421 e. The minimum absolute atomic E-state index is 0.175. The Morgan fingerprint density at radius 3 is 2.29 bits per heavy atom. The van der Waals surface area contributed by atoms with Crippen molar-refractivity contribution in [2.24, 2.45) is 4.99 Å². The third kappa shape index (κ3) is 3.00. The van der Waals surface area contributed by atoms with Gasteiger partial charge in [0.1, 0.15) is 0 Å². The van der Waals surface area contributed by atoms with E-state index in [0.717, 1.165) is 18.4 Å². The van der Waals surface area contributed by atoms with E-state index in [1.165, 1.54) is 11.3 Å². The molecule has 4 nitrogen and oxygen atoms in total. The summed E-state index contributed by atoms with van der Waals surface area (Å²) < 4.78 is 5.85. The number of hydrogen-bond acceptors (Lipinski definition) is 4. The summed E-state index contributed by atoms with van der Waals surface area (Å²) in [5, 5.41) is 8.38. The Kier molecular flexibility index (Phi) is 3.73. The molecule has 120 valence electrons. The maximum absolute atomic E-state index is 5.85. The molecule has 24 heavy (non-hydrogen) atoms. The highest BCUT2D eigenvalue weighted by Gasteiger charge is 2.32. The molecule has 0 amide bonds. The first-order chi connectivity index (χ1) is 11.7. The predicted octanol–water partition coefficient (Wildman–Crippen LogP) is 4.32. The largest absolute Gasteiger partial charge is 0.421 e. The summed E-state index contributed by atoms with van der Waals surface area (Å²) in [6.45, 7) is 2.16. The molecule has 0 N–H and O–H groups in total. The molecule has 4 rings (SSSR count). The minimum atomic E-state index is -0.175. The van der Waals surface area contributed by atoms with Crippen LogP contribution in [0.15, 0.2) is 70.1 Å². The van der Waals surface area contributed by atoms with Crippen LogP contribution in [0.5, 0.6) is 0 Å². The number of benzene rings is 2. The van der Waals surface area contributed by atoms with E-state index in [4.69, 9.17) is 9.41 Å². The maximum Gasteiger partial charge on any atom is 0.247 e. The molecule has 2 aromatic carbocycles. The van der Waals surface area contributed by atoms with Gasteiger partial charge in [0.05, 0.1) is 12.0 Å². The van der Waals surface area contributed by atoms with Crippen molar-refractivity contribution in [1.29, 1.82) is 0 Å². The van der Waals surface area contributed by atoms with Crippen LogP contribution in [-0.4, -0.2) is 21.4 Å². The van der Waals surface area contributed by atoms with Gasteiger partial charge in [0.2, 0.25) is 11.8 Å². The Morgan fingerprint density at radius 2 is 1.58 bits per heavy atom. The van der Waals surface area contributed by atoms with Crippen molar-refractivity contribution in [3.8, 4) is 11.5 Å². The SMILES string of the molecule is C[C@@]1(Cc2nnc(-c3ccccc3)o2)CCC(c2ccccc2)=N1. The van der Waals surface area contributed by atoms with Gasteiger partial charge in [-0.25, -0.2) is 0 Å². The number of hydrogen-bond donors (Lipinski definition) is 0. The molecule has 4 heteroatoms. The molecule has 1 atom stereocenters. The second kappa shape index (κ2) is 6.04. The van der Waals surface area contributed by atoms with E-state index in [1.54, 1.807) is 0 Å². The molecule has 1 aromatic heterocycles. The van der Waals surface area contributed by atoms with Crippen LogP contribution in [0.1, 0.15) is 31.2 Å². The fraction of sp³-hybridized carbons (Fsp3) is 0.250. The first-order valence-corrected chi connectivity index (χ1v) is 8.24. The lowest BCUT2D eigenvalue weighted by atomic mass is 9.95. The topological polar surface area (TPSA) is 51.3 Å². The van der Waals surface area contributed by atoms with Gasteiger partial charge in [0.25, 0.3) is 0 Å². The van der Waals surface area contributed by atoms with E-state index in [2.05, 4.69) is 41.4 Å². The molecule has 0 unspecified atom stereocenters.